The van der Waals surface area contributed by atoms with Crippen LogP contribution in [0.25, 0.3) is 0 Å². The highest BCUT2D eigenvalue weighted by Crippen LogP contribution is 2.36. The zero-order chi connectivity index (χ0) is 15.2. The number of aliphatic carboxylic acids is 1. The van der Waals surface area contributed by atoms with E-state index in [1.807, 2.05) is 0 Å². The molecular formula is C15H30N2O3. The van der Waals surface area contributed by atoms with Gasteiger partial charge in [0.1, 0.15) is 5.54 Å². The Balaban J connectivity index is 2.55. The second-order valence-corrected chi connectivity index (χ2v) is 6.01. The Hall–Kier alpha value is -0.650. The Morgan fingerprint density at radius 2 is 2.25 bits per heavy atom. The highest BCUT2D eigenvalue weighted by molar-refractivity contribution is 5.79. The molecule has 0 heterocycles. The summed E-state index contributed by atoms with van der Waals surface area (Å²) in [7, 11) is 1.71. The Morgan fingerprint density at radius 1 is 1.55 bits per heavy atom. The van der Waals surface area contributed by atoms with Gasteiger partial charge >= 0.3 is 5.97 Å². The minimum Gasteiger partial charge on any atom is -0.480 e. The quantitative estimate of drug-likeness (QED) is 0.675. The maximum Gasteiger partial charge on any atom is 0.323 e. The molecular weight excluding hydrogens is 256 g/mol. The summed E-state index contributed by atoms with van der Waals surface area (Å²) < 4.78 is 5.16. The molecule has 5 heteroatoms. The summed E-state index contributed by atoms with van der Waals surface area (Å²) in [5.74, 6) is -0.749. The molecule has 5 nitrogen and oxygen atoms in total. The van der Waals surface area contributed by atoms with E-state index in [2.05, 4.69) is 18.7 Å². The van der Waals surface area contributed by atoms with Gasteiger partial charge in [0.05, 0.1) is 6.61 Å². The van der Waals surface area contributed by atoms with Crippen molar-refractivity contribution in [2.45, 2.75) is 57.5 Å². The van der Waals surface area contributed by atoms with E-state index in [0.717, 1.165) is 38.8 Å². The first-order valence-corrected chi connectivity index (χ1v) is 7.71. The van der Waals surface area contributed by atoms with E-state index in [4.69, 9.17) is 10.5 Å². The maximum atomic E-state index is 11.4. The predicted molar refractivity (Wildman–Crippen MR) is 79.7 cm³/mol. The topological polar surface area (TPSA) is 75.8 Å². The van der Waals surface area contributed by atoms with Crippen LogP contribution in [0.4, 0.5) is 0 Å². The summed E-state index contributed by atoms with van der Waals surface area (Å²) in [6.07, 6.45) is 4.41. The average molecular weight is 286 g/mol. The first-order valence-electron chi connectivity index (χ1n) is 7.71. The average Bonchev–Trinajstić information content (AvgIpc) is 2.81. The van der Waals surface area contributed by atoms with E-state index in [9.17, 15) is 9.90 Å². The monoisotopic (exact) mass is 286 g/mol. The normalized spacial score (nSPS) is 27.9. The summed E-state index contributed by atoms with van der Waals surface area (Å²) in [5.41, 5.74) is 5.09. The van der Waals surface area contributed by atoms with E-state index < -0.39 is 11.5 Å². The van der Waals surface area contributed by atoms with Crippen LogP contribution < -0.4 is 5.73 Å². The van der Waals surface area contributed by atoms with Crippen molar-refractivity contribution in [1.29, 1.82) is 0 Å². The third-order valence-electron chi connectivity index (χ3n) is 4.83. The predicted octanol–water partition coefficient (Wildman–Crippen LogP) is 1.71. The number of carbonyl (C=O) groups is 1. The van der Waals surface area contributed by atoms with E-state index in [-0.39, 0.29) is 5.92 Å². The van der Waals surface area contributed by atoms with Gasteiger partial charge in [0, 0.05) is 19.7 Å². The molecule has 0 saturated heterocycles. The van der Waals surface area contributed by atoms with Crippen LogP contribution in [0, 0.1) is 5.92 Å². The SMILES string of the molecule is CCC(C)N(CCOC)CCC1CCCC1(N)C(=O)O. The summed E-state index contributed by atoms with van der Waals surface area (Å²) >= 11 is 0. The first kappa shape index (κ1) is 17.4. The molecule has 0 amide bonds. The number of rotatable bonds is 9. The first-order chi connectivity index (χ1) is 9.45. The molecule has 1 saturated carbocycles. The van der Waals surface area contributed by atoms with Crippen molar-refractivity contribution in [2.75, 3.05) is 26.8 Å². The zero-order valence-electron chi connectivity index (χ0n) is 13.1. The van der Waals surface area contributed by atoms with E-state index >= 15 is 0 Å². The smallest absolute Gasteiger partial charge is 0.323 e. The van der Waals surface area contributed by atoms with Gasteiger partial charge in [-0.1, -0.05) is 13.3 Å². The lowest BCUT2D eigenvalue weighted by molar-refractivity contribution is -0.144. The molecule has 0 aliphatic heterocycles. The van der Waals surface area contributed by atoms with Crippen LogP contribution in [0.3, 0.4) is 0 Å². The molecule has 3 unspecified atom stereocenters. The van der Waals surface area contributed by atoms with Crippen LogP contribution in [0.2, 0.25) is 0 Å². The van der Waals surface area contributed by atoms with Crippen LogP contribution in [0.5, 0.6) is 0 Å². The van der Waals surface area contributed by atoms with Gasteiger partial charge in [-0.15, -0.1) is 0 Å². The van der Waals surface area contributed by atoms with Crippen LogP contribution in [0.15, 0.2) is 0 Å². The number of hydrogen-bond donors (Lipinski definition) is 2. The Kier molecular flexibility index (Phi) is 6.92. The lowest BCUT2D eigenvalue weighted by Crippen LogP contribution is -2.51. The van der Waals surface area contributed by atoms with Crippen molar-refractivity contribution >= 4 is 5.97 Å². The minimum absolute atomic E-state index is 0.0918. The molecule has 118 valence electrons. The molecule has 0 radical (unpaired) electrons. The molecule has 0 aromatic heterocycles. The van der Waals surface area contributed by atoms with Crippen LogP contribution in [-0.2, 0) is 9.53 Å². The number of hydrogen-bond acceptors (Lipinski definition) is 4. The van der Waals surface area contributed by atoms with Crippen molar-refractivity contribution in [3.63, 3.8) is 0 Å². The molecule has 1 aliphatic carbocycles. The molecule has 0 aromatic rings. The van der Waals surface area contributed by atoms with E-state index in [1.54, 1.807) is 7.11 Å². The van der Waals surface area contributed by atoms with Gasteiger partial charge in [-0.2, -0.15) is 0 Å². The largest absolute Gasteiger partial charge is 0.480 e. The molecule has 0 aromatic carbocycles. The van der Waals surface area contributed by atoms with Gasteiger partial charge in [0.25, 0.3) is 0 Å². The van der Waals surface area contributed by atoms with Crippen molar-refractivity contribution < 1.29 is 14.6 Å². The van der Waals surface area contributed by atoms with Gasteiger partial charge in [-0.25, -0.2) is 0 Å². The zero-order valence-corrected chi connectivity index (χ0v) is 13.1. The number of nitrogens with zero attached hydrogens (tertiary/aromatic N) is 1. The van der Waals surface area contributed by atoms with Gasteiger partial charge < -0.3 is 15.6 Å². The Bertz CT molecular complexity index is 311. The van der Waals surface area contributed by atoms with Crippen molar-refractivity contribution in [2.24, 2.45) is 11.7 Å². The summed E-state index contributed by atoms with van der Waals surface area (Å²) in [6.45, 7) is 6.88. The second kappa shape index (κ2) is 7.96. The molecule has 1 aliphatic rings. The number of nitrogens with two attached hydrogens (primary N) is 1. The molecule has 20 heavy (non-hydrogen) atoms. The molecule has 3 N–H and O–H groups in total. The Morgan fingerprint density at radius 3 is 2.80 bits per heavy atom. The summed E-state index contributed by atoms with van der Waals surface area (Å²) in [4.78, 5) is 13.8. The van der Waals surface area contributed by atoms with Crippen molar-refractivity contribution in [3.8, 4) is 0 Å². The fourth-order valence-corrected chi connectivity index (χ4v) is 3.13. The molecule has 1 rings (SSSR count). The molecule has 0 spiro atoms. The van der Waals surface area contributed by atoms with Gasteiger partial charge in [-0.05, 0) is 45.1 Å². The minimum atomic E-state index is -1.01. The number of carboxylic acids is 1. The standard InChI is InChI=1S/C15H30N2O3/c1-4-12(2)17(10-11-20-3)9-7-13-6-5-8-15(13,16)14(18)19/h12-13H,4-11,16H2,1-3H3,(H,18,19). The third kappa shape index (κ3) is 4.17. The molecule has 0 bridgehead atoms. The van der Waals surface area contributed by atoms with Crippen molar-refractivity contribution in [1.82, 2.24) is 4.90 Å². The van der Waals surface area contributed by atoms with Crippen LogP contribution >= 0.6 is 0 Å². The van der Waals surface area contributed by atoms with Gasteiger partial charge in [0.2, 0.25) is 0 Å². The lowest BCUT2D eigenvalue weighted by Gasteiger charge is -2.32. The second-order valence-electron chi connectivity index (χ2n) is 6.01. The van der Waals surface area contributed by atoms with E-state index in [1.165, 1.54) is 0 Å². The number of carboxylic acid groups (broad SMARTS) is 1. The third-order valence-corrected chi connectivity index (χ3v) is 4.83. The van der Waals surface area contributed by atoms with E-state index in [0.29, 0.717) is 19.1 Å². The van der Waals surface area contributed by atoms with Crippen LogP contribution in [-0.4, -0.2) is 54.4 Å². The lowest BCUT2D eigenvalue weighted by atomic mass is 9.85. The number of methoxy groups -OCH3 is 1. The van der Waals surface area contributed by atoms with Gasteiger partial charge in [0.15, 0.2) is 0 Å². The van der Waals surface area contributed by atoms with Crippen LogP contribution in [0.1, 0.15) is 46.0 Å². The summed E-state index contributed by atoms with van der Waals surface area (Å²) in [5, 5.41) is 9.35. The summed E-state index contributed by atoms with van der Waals surface area (Å²) in [6, 6.07) is 0.489. The number of ether oxygens (including phenoxy) is 1. The fraction of sp³-hybridized carbons (Fsp3) is 0.933. The van der Waals surface area contributed by atoms with Gasteiger partial charge in [-0.3, -0.25) is 9.69 Å². The highest BCUT2D eigenvalue weighted by Gasteiger charge is 2.45. The molecule has 1 fully saturated rings. The van der Waals surface area contributed by atoms with Crippen molar-refractivity contribution in [3.05, 3.63) is 0 Å². The fourth-order valence-electron chi connectivity index (χ4n) is 3.13. The highest BCUT2D eigenvalue weighted by atomic mass is 16.5. The Labute approximate surface area is 122 Å². The molecule has 3 atom stereocenters. The maximum absolute atomic E-state index is 11.4.